The zero-order chi connectivity index (χ0) is 18.9. The Bertz CT molecular complexity index is 543. The predicted molar refractivity (Wildman–Crippen MR) is 102 cm³/mol. The van der Waals surface area contributed by atoms with Crippen LogP contribution in [0.1, 0.15) is 44.9 Å². The molecule has 3 heterocycles. The van der Waals surface area contributed by atoms with E-state index in [1.54, 1.807) is 0 Å². The monoisotopic (exact) mass is 378 g/mol. The van der Waals surface area contributed by atoms with Crippen molar-refractivity contribution in [2.45, 2.75) is 51.0 Å². The van der Waals surface area contributed by atoms with Crippen molar-refractivity contribution < 1.29 is 14.3 Å². The smallest absolute Gasteiger partial charge is 0.320 e. The third-order valence-corrected chi connectivity index (χ3v) is 7.19. The van der Waals surface area contributed by atoms with Crippen molar-refractivity contribution in [2.24, 2.45) is 17.1 Å². The number of nitrogens with zero attached hydrogens (tertiary/aromatic N) is 3. The van der Waals surface area contributed by atoms with Gasteiger partial charge in [-0.1, -0.05) is 12.8 Å². The third kappa shape index (κ3) is 4.24. The number of ether oxygens (including phenoxy) is 1. The zero-order valence-electron chi connectivity index (χ0n) is 16.4. The summed E-state index contributed by atoms with van der Waals surface area (Å²) in [6.45, 7) is 6.33. The second-order valence-corrected chi connectivity index (χ2v) is 8.93. The van der Waals surface area contributed by atoms with Gasteiger partial charge in [0.05, 0.1) is 18.6 Å². The van der Waals surface area contributed by atoms with Gasteiger partial charge in [-0.3, -0.25) is 4.79 Å². The van der Waals surface area contributed by atoms with Gasteiger partial charge in [-0.05, 0) is 51.1 Å². The molecule has 3 saturated heterocycles. The number of carbonyl (C=O) groups is 2. The van der Waals surface area contributed by atoms with E-state index in [1.807, 2.05) is 9.80 Å². The molecular formula is C20H34N4O3. The van der Waals surface area contributed by atoms with E-state index in [0.29, 0.717) is 32.3 Å². The number of likely N-dealkylation sites (tertiary alicyclic amines) is 2. The van der Waals surface area contributed by atoms with Crippen LogP contribution in [0, 0.1) is 11.3 Å². The van der Waals surface area contributed by atoms with Crippen LogP contribution in [0.25, 0.3) is 0 Å². The minimum Gasteiger partial charge on any atom is -0.378 e. The lowest BCUT2D eigenvalue weighted by Gasteiger charge is -2.45. The number of nitrogens with two attached hydrogens (primary N) is 1. The first-order valence-corrected chi connectivity index (χ1v) is 10.7. The van der Waals surface area contributed by atoms with E-state index in [-0.39, 0.29) is 17.4 Å². The first kappa shape index (κ1) is 19.0. The van der Waals surface area contributed by atoms with Crippen LogP contribution in [0.3, 0.4) is 0 Å². The Hall–Kier alpha value is -1.34. The Morgan fingerprint density at radius 3 is 2.04 bits per heavy atom. The van der Waals surface area contributed by atoms with Crippen LogP contribution in [0.4, 0.5) is 4.79 Å². The number of piperidine rings is 2. The number of rotatable bonds is 4. The molecule has 152 valence electrons. The Labute approximate surface area is 162 Å². The van der Waals surface area contributed by atoms with Crippen LogP contribution in [-0.4, -0.2) is 85.2 Å². The molecule has 0 bridgehead atoms. The molecule has 0 spiro atoms. The van der Waals surface area contributed by atoms with Crippen molar-refractivity contribution in [1.29, 1.82) is 0 Å². The average molecular weight is 379 g/mol. The van der Waals surface area contributed by atoms with Gasteiger partial charge in [-0.15, -0.1) is 0 Å². The van der Waals surface area contributed by atoms with E-state index >= 15 is 0 Å². The SMILES string of the molecule is NC(=O)C1(CC2CC2)CCN(C2CCN(C(=O)N3CCOCC3)CC2)CC1. The second-order valence-electron chi connectivity index (χ2n) is 8.93. The molecule has 0 radical (unpaired) electrons. The fraction of sp³-hybridized carbons (Fsp3) is 0.900. The van der Waals surface area contributed by atoms with Crippen molar-refractivity contribution in [1.82, 2.24) is 14.7 Å². The van der Waals surface area contributed by atoms with Crippen molar-refractivity contribution >= 4 is 11.9 Å². The molecule has 7 nitrogen and oxygen atoms in total. The average Bonchev–Trinajstić information content (AvgIpc) is 3.52. The summed E-state index contributed by atoms with van der Waals surface area (Å²) in [4.78, 5) is 31.2. The Morgan fingerprint density at radius 2 is 1.48 bits per heavy atom. The standard InChI is InChI=1S/C20H34N4O3/c21-18(25)20(15-16-1-2-16)5-9-22(10-6-20)17-3-7-23(8-4-17)19(26)24-11-13-27-14-12-24/h16-17H,1-15H2,(H2,21,25). The number of primary amides is 1. The zero-order valence-corrected chi connectivity index (χ0v) is 16.4. The van der Waals surface area contributed by atoms with E-state index < -0.39 is 0 Å². The topological polar surface area (TPSA) is 79.1 Å². The number of urea groups is 1. The summed E-state index contributed by atoms with van der Waals surface area (Å²) in [5, 5.41) is 0. The van der Waals surface area contributed by atoms with E-state index in [9.17, 15) is 9.59 Å². The predicted octanol–water partition coefficient (Wildman–Crippen LogP) is 1.27. The van der Waals surface area contributed by atoms with E-state index in [2.05, 4.69) is 4.90 Å². The lowest BCUT2D eigenvalue weighted by Crippen LogP contribution is -2.55. The third-order valence-electron chi connectivity index (χ3n) is 7.19. The molecule has 0 unspecified atom stereocenters. The highest BCUT2D eigenvalue weighted by atomic mass is 16.5. The summed E-state index contributed by atoms with van der Waals surface area (Å²) in [5.74, 6) is 0.651. The Balaban J connectivity index is 1.25. The van der Waals surface area contributed by atoms with Gasteiger partial charge >= 0.3 is 6.03 Å². The molecule has 4 rings (SSSR count). The summed E-state index contributed by atoms with van der Waals surface area (Å²) in [7, 11) is 0. The Morgan fingerprint density at radius 1 is 0.889 bits per heavy atom. The number of hydrogen-bond donors (Lipinski definition) is 1. The summed E-state index contributed by atoms with van der Waals surface area (Å²) in [6, 6.07) is 0.707. The normalized spacial score (nSPS) is 27.6. The molecule has 4 aliphatic rings. The maximum atomic E-state index is 12.6. The van der Waals surface area contributed by atoms with Gasteiger partial charge in [0.15, 0.2) is 0 Å². The van der Waals surface area contributed by atoms with Crippen LogP contribution in [-0.2, 0) is 9.53 Å². The number of carbonyl (C=O) groups excluding carboxylic acids is 2. The molecule has 0 aromatic heterocycles. The van der Waals surface area contributed by atoms with Gasteiger partial charge in [0.25, 0.3) is 0 Å². The van der Waals surface area contributed by atoms with Crippen LogP contribution < -0.4 is 5.73 Å². The second kappa shape index (κ2) is 7.95. The molecule has 0 aromatic rings. The Kier molecular flexibility index (Phi) is 5.60. The molecule has 1 saturated carbocycles. The van der Waals surface area contributed by atoms with Gasteiger partial charge in [-0.25, -0.2) is 4.79 Å². The summed E-state index contributed by atoms with van der Waals surface area (Å²) < 4.78 is 5.34. The molecule has 0 atom stereocenters. The molecule has 0 aromatic carbocycles. The van der Waals surface area contributed by atoms with Crippen LogP contribution in [0.5, 0.6) is 0 Å². The molecule has 3 amide bonds. The highest BCUT2D eigenvalue weighted by Crippen LogP contribution is 2.46. The highest BCUT2D eigenvalue weighted by Gasteiger charge is 2.44. The molecule has 3 aliphatic heterocycles. The first-order chi connectivity index (χ1) is 13.1. The lowest BCUT2D eigenvalue weighted by atomic mass is 9.73. The maximum absolute atomic E-state index is 12.6. The minimum absolute atomic E-state index is 0.0834. The van der Waals surface area contributed by atoms with E-state index in [0.717, 1.165) is 64.2 Å². The van der Waals surface area contributed by atoms with Gasteiger partial charge in [-0.2, -0.15) is 0 Å². The van der Waals surface area contributed by atoms with Crippen LogP contribution in [0.15, 0.2) is 0 Å². The van der Waals surface area contributed by atoms with E-state index in [1.165, 1.54) is 12.8 Å². The van der Waals surface area contributed by atoms with Gasteiger partial charge in [0.1, 0.15) is 0 Å². The first-order valence-electron chi connectivity index (χ1n) is 10.7. The van der Waals surface area contributed by atoms with Crippen molar-refractivity contribution in [3.63, 3.8) is 0 Å². The summed E-state index contributed by atoms with van der Waals surface area (Å²) in [6.07, 6.45) is 7.42. The molecule has 1 aliphatic carbocycles. The van der Waals surface area contributed by atoms with Crippen molar-refractivity contribution in [2.75, 3.05) is 52.5 Å². The fourth-order valence-corrected chi connectivity index (χ4v) is 5.12. The van der Waals surface area contributed by atoms with Crippen molar-refractivity contribution in [3.8, 4) is 0 Å². The summed E-state index contributed by atoms with van der Waals surface area (Å²) in [5.41, 5.74) is 5.55. The van der Waals surface area contributed by atoms with Gasteiger partial charge < -0.3 is 25.2 Å². The van der Waals surface area contributed by atoms with Gasteiger partial charge in [0, 0.05) is 32.2 Å². The van der Waals surface area contributed by atoms with E-state index in [4.69, 9.17) is 10.5 Å². The number of amides is 3. The molecule has 2 N–H and O–H groups in total. The highest BCUT2D eigenvalue weighted by molar-refractivity contribution is 5.81. The molecular weight excluding hydrogens is 344 g/mol. The molecule has 4 fully saturated rings. The maximum Gasteiger partial charge on any atom is 0.320 e. The largest absolute Gasteiger partial charge is 0.378 e. The molecule has 7 heteroatoms. The summed E-state index contributed by atoms with van der Waals surface area (Å²) >= 11 is 0. The fourth-order valence-electron chi connectivity index (χ4n) is 5.12. The lowest BCUT2D eigenvalue weighted by molar-refractivity contribution is -0.132. The van der Waals surface area contributed by atoms with Crippen LogP contribution in [0.2, 0.25) is 0 Å². The number of morpholine rings is 1. The molecule has 27 heavy (non-hydrogen) atoms. The number of hydrogen-bond acceptors (Lipinski definition) is 4. The van der Waals surface area contributed by atoms with Gasteiger partial charge in [0.2, 0.25) is 5.91 Å². The quantitative estimate of drug-likeness (QED) is 0.799. The van der Waals surface area contributed by atoms with Crippen LogP contribution >= 0.6 is 0 Å². The van der Waals surface area contributed by atoms with Crippen molar-refractivity contribution in [3.05, 3.63) is 0 Å². The minimum atomic E-state index is -0.259.